The molecule has 0 spiro atoms. The molecule has 1 aromatic carbocycles. The summed E-state index contributed by atoms with van der Waals surface area (Å²) in [6, 6.07) is 3.90. The second-order valence-electron chi connectivity index (χ2n) is 3.53. The van der Waals surface area contributed by atoms with Crippen LogP contribution in [0, 0.1) is 0 Å². The molecule has 1 aliphatic rings. The van der Waals surface area contributed by atoms with Crippen molar-refractivity contribution < 1.29 is 19.0 Å². The number of benzene rings is 1. The van der Waals surface area contributed by atoms with Crippen molar-refractivity contribution >= 4 is 0 Å². The molecular weight excluding hydrogens is 210 g/mol. The van der Waals surface area contributed by atoms with Crippen molar-refractivity contribution in [2.45, 2.75) is 13.0 Å². The van der Waals surface area contributed by atoms with Crippen molar-refractivity contribution in [3.8, 4) is 11.5 Å². The van der Waals surface area contributed by atoms with Crippen LogP contribution in [0.5, 0.6) is 11.5 Å². The van der Waals surface area contributed by atoms with Crippen LogP contribution in [0.1, 0.15) is 11.1 Å². The smallest absolute Gasteiger partial charge is 0.231 e. The molecule has 88 valence electrons. The fourth-order valence-electron chi connectivity index (χ4n) is 1.72. The highest BCUT2D eigenvalue weighted by Gasteiger charge is 2.16. The quantitative estimate of drug-likeness (QED) is 0.757. The van der Waals surface area contributed by atoms with E-state index in [1.165, 1.54) is 0 Å². The van der Waals surface area contributed by atoms with E-state index in [1.54, 1.807) is 7.11 Å². The summed E-state index contributed by atoms with van der Waals surface area (Å²) in [5, 5.41) is 0. The first-order valence-corrected chi connectivity index (χ1v) is 5.07. The number of ether oxygens (including phenoxy) is 3. The largest absolute Gasteiger partial charge is 0.454 e. The highest BCUT2D eigenvalue weighted by atomic mass is 16.7. The third-order valence-corrected chi connectivity index (χ3v) is 2.48. The van der Waals surface area contributed by atoms with Crippen LogP contribution in [-0.4, -0.2) is 20.5 Å². The minimum absolute atomic E-state index is 0.276. The molecule has 0 atom stereocenters. The SMILES string of the molecule is COCc1cc2c(cc1CCON)OCO2. The van der Waals surface area contributed by atoms with E-state index in [9.17, 15) is 0 Å². The monoisotopic (exact) mass is 225 g/mol. The van der Waals surface area contributed by atoms with E-state index < -0.39 is 0 Å². The summed E-state index contributed by atoms with van der Waals surface area (Å²) in [4.78, 5) is 4.59. The number of methoxy groups -OCH3 is 1. The van der Waals surface area contributed by atoms with Crippen LogP contribution in [0.3, 0.4) is 0 Å². The summed E-state index contributed by atoms with van der Waals surface area (Å²) in [5.74, 6) is 6.56. The van der Waals surface area contributed by atoms with Gasteiger partial charge in [0, 0.05) is 7.11 Å². The lowest BCUT2D eigenvalue weighted by atomic mass is 10.0. The van der Waals surface area contributed by atoms with Gasteiger partial charge in [0.1, 0.15) is 0 Å². The summed E-state index contributed by atoms with van der Waals surface area (Å²) in [6.45, 7) is 1.28. The van der Waals surface area contributed by atoms with Crippen molar-refractivity contribution in [2.75, 3.05) is 20.5 Å². The van der Waals surface area contributed by atoms with Crippen LogP contribution in [0.15, 0.2) is 12.1 Å². The Morgan fingerprint density at radius 1 is 1.25 bits per heavy atom. The molecule has 5 nitrogen and oxygen atoms in total. The number of hydrogen-bond donors (Lipinski definition) is 1. The summed E-state index contributed by atoms with van der Waals surface area (Å²) >= 11 is 0. The lowest BCUT2D eigenvalue weighted by Crippen LogP contribution is -2.06. The van der Waals surface area contributed by atoms with Crippen LogP contribution in [0.2, 0.25) is 0 Å². The van der Waals surface area contributed by atoms with Gasteiger partial charge in [0.15, 0.2) is 11.5 Å². The zero-order valence-electron chi connectivity index (χ0n) is 9.19. The van der Waals surface area contributed by atoms with Gasteiger partial charge in [0.05, 0.1) is 13.2 Å². The van der Waals surface area contributed by atoms with Gasteiger partial charge in [-0.05, 0) is 29.7 Å². The minimum atomic E-state index is 0.276. The Labute approximate surface area is 94.0 Å². The van der Waals surface area contributed by atoms with Gasteiger partial charge in [-0.2, -0.15) is 0 Å². The van der Waals surface area contributed by atoms with E-state index in [-0.39, 0.29) is 6.79 Å². The third-order valence-electron chi connectivity index (χ3n) is 2.48. The average molecular weight is 225 g/mol. The molecule has 1 aliphatic heterocycles. The van der Waals surface area contributed by atoms with E-state index in [0.29, 0.717) is 13.2 Å². The van der Waals surface area contributed by atoms with Gasteiger partial charge in [-0.15, -0.1) is 0 Å². The lowest BCUT2D eigenvalue weighted by molar-refractivity contribution is 0.140. The Bertz CT molecular complexity index is 367. The Morgan fingerprint density at radius 2 is 1.94 bits per heavy atom. The second-order valence-corrected chi connectivity index (χ2v) is 3.53. The Kier molecular flexibility index (Phi) is 3.61. The molecule has 5 heteroatoms. The van der Waals surface area contributed by atoms with Crippen molar-refractivity contribution in [3.05, 3.63) is 23.3 Å². The van der Waals surface area contributed by atoms with Gasteiger partial charge < -0.3 is 19.0 Å². The lowest BCUT2D eigenvalue weighted by Gasteiger charge is -2.09. The average Bonchev–Trinajstić information content (AvgIpc) is 2.73. The maximum atomic E-state index is 5.32. The standard InChI is InChI=1S/C11H15NO4/c1-13-6-9-5-11-10(14-7-15-11)4-8(9)2-3-16-12/h4-5H,2-3,6-7,12H2,1H3. The molecule has 2 rings (SSSR count). The van der Waals surface area contributed by atoms with E-state index in [0.717, 1.165) is 29.0 Å². The maximum Gasteiger partial charge on any atom is 0.231 e. The molecule has 1 aromatic rings. The zero-order valence-corrected chi connectivity index (χ0v) is 9.19. The summed E-state index contributed by atoms with van der Waals surface area (Å²) < 4.78 is 15.8. The van der Waals surface area contributed by atoms with Crippen LogP contribution < -0.4 is 15.4 Å². The summed E-state index contributed by atoms with van der Waals surface area (Å²) in [6.07, 6.45) is 0.728. The molecule has 0 saturated heterocycles. The number of rotatable bonds is 5. The third kappa shape index (κ3) is 2.27. The van der Waals surface area contributed by atoms with Crippen LogP contribution in [0.25, 0.3) is 0 Å². The molecular formula is C11H15NO4. The number of fused-ring (bicyclic) bond motifs is 1. The van der Waals surface area contributed by atoms with Gasteiger partial charge in [0.25, 0.3) is 0 Å². The van der Waals surface area contributed by atoms with E-state index in [4.69, 9.17) is 20.1 Å². The molecule has 16 heavy (non-hydrogen) atoms. The van der Waals surface area contributed by atoms with Crippen molar-refractivity contribution in [1.29, 1.82) is 0 Å². The molecule has 0 fully saturated rings. The Hall–Kier alpha value is -1.30. The minimum Gasteiger partial charge on any atom is -0.454 e. The van der Waals surface area contributed by atoms with Gasteiger partial charge in [0.2, 0.25) is 6.79 Å². The van der Waals surface area contributed by atoms with Crippen LogP contribution in [-0.2, 0) is 22.6 Å². The first-order chi connectivity index (χ1) is 7.85. The normalized spacial score (nSPS) is 13.1. The molecule has 0 aliphatic carbocycles. The highest BCUT2D eigenvalue weighted by Crippen LogP contribution is 2.35. The molecule has 0 saturated carbocycles. The Morgan fingerprint density at radius 3 is 2.56 bits per heavy atom. The van der Waals surface area contributed by atoms with Gasteiger partial charge >= 0.3 is 0 Å². The molecule has 0 bridgehead atoms. The van der Waals surface area contributed by atoms with Crippen LogP contribution in [0.4, 0.5) is 0 Å². The van der Waals surface area contributed by atoms with Gasteiger partial charge in [-0.25, -0.2) is 5.90 Å². The number of nitrogens with two attached hydrogens (primary N) is 1. The molecule has 0 amide bonds. The van der Waals surface area contributed by atoms with Crippen molar-refractivity contribution in [2.24, 2.45) is 5.90 Å². The first kappa shape index (κ1) is 11.2. The maximum absolute atomic E-state index is 5.32. The predicted molar refractivity (Wildman–Crippen MR) is 57.1 cm³/mol. The number of hydrogen-bond acceptors (Lipinski definition) is 5. The van der Waals surface area contributed by atoms with Gasteiger partial charge in [-0.1, -0.05) is 0 Å². The topological polar surface area (TPSA) is 62.9 Å². The van der Waals surface area contributed by atoms with Crippen molar-refractivity contribution in [1.82, 2.24) is 0 Å². The summed E-state index contributed by atoms with van der Waals surface area (Å²) in [7, 11) is 1.66. The first-order valence-electron chi connectivity index (χ1n) is 5.07. The molecule has 0 unspecified atom stereocenters. The van der Waals surface area contributed by atoms with E-state index in [1.807, 2.05) is 12.1 Å². The molecule has 1 heterocycles. The molecule has 0 radical (unpaired) electrons. The van der Waals surface area contributed by atoms with Gasteiger partial charge in [-0.3, -0.25) is 0 Å². The predicted octanol–water partition coefficient (Wildman–Crippen LogP) is 0.994. The van der Waals surface area contributed by atoms with E-state index >= 15 is 0 Å². The highest BCUT2D eigenvalue weighted by molar-refractivity contribution is 5.48. The van der Waals surface area contributed by atoms with Crippen molar-refractivity contribution in [3.63, 3.8) is 0 Å². The molecule has 2 N–H and O–H groups in total. The van der Waals surface area contributed by atoms with Crippen LogP contribution >= 0.6 is 0 Å². The fourth-order valence-corrected chi connectivity index (χ4v) is 1.72. The zero-order chi connectivity index (χ0) is 11.4. The fraction of sp³-hybridized carbons (Fsp3) is 0.455. The second kappa shape index (κ2) is 5.16. The van der Waals surface area contributed by atoms with E-state index in [2.05, 4.69) is 4.84 Å². The summed E-state index contributed by atoms with van der Waals surface area (Å²) in [5.41, 5.74) is 2.18. The molecule has 0 aromatic heterocycles. The Balaban J connectivity index is 2.25.